The first-order chi connectivity index (χ1) is 16.1. The van der Waals surface area contributed by atoms with E-state index in [0.717, 1.165) is 48.0 Å². The first kappa shape index (κ1) is 23.8. The fourth-order valence-electron chi connectivity index (χ4n) is 4.55. The third-order valence-corrected chi connectivity index (χ3v) is 7.38. The average Bonchev–Trinajstić information content (AvgIpc) is 3.39. The van der Waals surface area contributed by atoms with Crippen molar-refractivity contribution in [2.75, 3.05) is 50.7 Å². The van der Waals surface area contributed by atoms with Gasteiger partial charge in [0.2, 0.25) is 0 Å². The number of rotatable bonds is 9. The number of hydrogen-bond acceptors (Lipinski definition) is 6. The van der Waals surface area contributed by atoms with E-state index in [1.54, 1.807) is 11.9 Å². The molecule has 2 saturated heterocycles. The smallest absolute Gasteiger partial charge is 0.260 e. The van der Waals surface area contributed by atoms with Gasteiger partial charge in [-0.15, -0.1) is 0 Å². The maximum Gasteiger partial charge on any atom is 0.260 e. The Morgan fingerprint density at radius 2 is 1.55 bits per heavy atom. The van der Waals surface area contributed by atoms with Crippen LogP contribution in [0, 0.1) is 0 Å². The van der Waals surface area contributed by atoms with Crippen molar-refractivity contribution in [3.8, 4) is 11.5 Å². The van der Waals surface area contributed by atoms with Gasteiger partial charge in [0.25, 0.3) is 5.91 Å². The standard InChI is InChI=1S/C26H35N3O3S/c1-3-31-23-10-12-25(13-11-23)33-27(2)21-6-8-24(9-7-21)32-20-26(30)29-18-14-22(15-19-29)28-16-4-5-17-28/h6-13,22H,3-5,14-20H2,1-2H3. The molecule has 1 amide bonds. The fraction of sp³-hybridized carbons (Fsp3) is 0.500. The normalized spacial score (nSPS) is 17.2. The summed E-state index contributed by atoms with van der Waals surface area (Å²) in [7, 11) is 2.03. The quantitative estimate of drug-likeness (QED) is 0.497. The van der Waals surface area contributed by atoms with Gasteiger partial charge in [-0.25, -0.2) is 0 Å². The number of hydrogen-bond donors (Lipinski definition) is 0. The molecule has 2 aliphatic rings. The molecule has 178 valence electrons. The molecular formula is C26H35N3O3S. The van der Waals surface area contributed by atoms with Gasteiger partial charge in [0, 0.05) is 36.8 Å². The number of amides is 1. The van der Waals surface area contributed by atoms with Crippen LogP contribution >= 0.6 is 11.9 Å². The van der Waals surface area contributed by atoms with Gasteiger partial charge in [0.05, 0.1) is 6.61 Å². The average molecular weight is 470 g/mol. The van der Waals surface area contributed by atoms with Crippen LogP contribution in [0.2, 0.25) is 0 Å². The lowest BCUT2D eigenvalue weighted by Gasteiger charge is -2.36. The molecule has 4 rings (SSSR count). The number of benzene rings is 2. The molecule has 0 atom stereocenters. The van der Waals surface area contributed by atoms with Crippen molar-refractivity contribution in [2.45, 2.75) is 43.5 Å². The van der Waals surface area contributed by atoms with Gasteiger partial charge in [0.1, 0.15) is 11.5 Å². The van der Waals surface area contributed by atoms with Gasteiger partial charge < -0.3 is 23.6 Å². The van der Waals surface area contributed by atoms with Crippen LogP contribution in [-0.4, -0.2) is 68.2 Å². The Kier molecular flexibility index (Phi) is 8.40. The Labute approximate surface area is 202 Å². The van der Waals surface area contributed by atoms with Gasteiger partial charge >= 0.3 is 0 Å². The molecule has 0 spiro atoms. The first-order valence-corrected chi connectivity index (χ1v) is 12.8. The number of carbonyl (C=O) groups is 1. The Bertz CT molecular complexity index is 877. The molecule has 0 saturated carbocycles. The Morgan fingerprint density at radius 1 is 0.939 bits per heavy atom. The zero-order valence-corrected chi connectivity index (χ0v) is 20.6. The zero-order valence-electron chi connectivity index (χ0n) is 19.7. The van der Waals surface area contributed by atoms with E-state index >= 15 is 0 Å². The molecule has 7 heteroatoms. The molecule has 2 aromatic rings. The lowest BCUT2D eigenvalue weighted by Crippen LogP contribution is -2.47. The lowest BCUT2D eigenvalue weighted by atomic mass is 10.0. The highest BCUT2D eigenvalue weighted by molar-refractivity contribution is 8.00. The lowest BCUT2D eigenvalue weighted by molar-refractivity contribution is -0.134. The number of likely N-dealkylation sites (tertiary alicyclic amines) is 2. The second kappa shape index (κ2) is 11.7. The summed E-state index contributed by atoms with van der Waals surface area (Å²) in [6, 6.07) is 16.6. The van der Waals surface area contributed by atoms with Crippen LogP contribution in [0.5, 0.6) is 11.5 Å². The molecule has 2 aromatic carbocycles. The van der Waals surface area contributed by atoms with Gasteiger partial charge in [-0.3, -0.25) is 4.79 Å². The Balaban J connectivity index is 1.21. The number of anilines is 1. The molecule has 0 aliphatic carbocycles. The van der Waals surface area contributed by atoms with Crippen LogP contribution < -0.4 is 13.8 Å². The second-order valence-electron chi connectivity index (χ2n) is 8.63. The van der Waals surface area contributed by atoms with E-state index in [9.17, 15) is 4.79 Å². The van der Waals surface area contributed by atoms with Gasteiger partial charge in [0.15, 0.2) is 6.61 Å². The fourth-order valence-corrected chi connectivity index (χ4v) is 5.35. The van der Waals surface area contributed by atoms with E-state index in [4.69, 9.17) is 9.47 Å². The molecular weight excluding hydrogens is 434 g/mol. The number of ether oxygens (including phenoxy) is 2. The van der Waals surface area contributed by atoms with Crippen LogP contribution in [0.3, 0.4) is 0 Å². The molecule has 2 heterocycles. The molecule has 0 bridgehead atoms. The molecule has 2 fully saturated rings. The monoisotopic (exact) mass is 469 g/mol. The van der Waals surface area contributed by atoms with Crippen molar-refractivity contribution in [2.24, 2.45) is 0 Å². The molecule has 0 N–H and O–H groups in total. The third-order valence-electron chi connectivity index (χ3n) is 6.41. The van der Waals surface area contributed by atoms with E-state index < -0.39 is 0 Å². The minimum Gasteiger partial charge on any atom is -0.494 e. The van der Waals surface area contributed by atoms with E-state index in [1.165, 1.54) is 25.9 Å². The van der Waals surface area contributed by atoms with Crippen molar-refractivity contribution in [1.29, 1.82) is 0 Å². The minimum absolute atomic E-state index is 0.0853. The van der Waals surface area contributed by atoms with E-state index in [0.29, 0.717) is 12.6 Å². The van der Waals surface area contributed by atoms with E-state index in [1.807, 2.05) is 55.3 Å². The van der Waals surface area contributed by atoms with E-state index in [-0.39, 0.29) is 12.5 Å². The number of piperidine rings is 1. The maximum atomic E-state index is 12.6. The SMILES string of the molecule is CCOc1ccc(SN(C)c2ccc(OCC(=O)N3CCC(N4CCCC4)CC3)cc2)cc1. The molecule has 33 heavy (non-hydrogen) atoms. The highest BCUT2D eigenvalue weighted by Gasteiger charge is 2.28. The van der Waals surface area contributed by atoms with Crippen molar-refractivity contribution >= 4 is 23.5 Å². The third kappa shape index (κ3) is 6.58. The molecule has 0 unspecified atom stereocenters. The summed E-state index contributed by atoms with van der Waals surface area (Å²) in [5.74, 6) is 1.69. The Hall–Kier alpha value is -2.38. The number of carbonyl (C=O) groups excluding carboxylic acids is 1. The van der Waals surface area contributed by atoms with Crippen LogP contribution in [0.1, 0.15) is 32.6 Å². The predicted octanol–water partition coefficient (Wildman–Crippen LogP) is 4.69. The topological polar surface area (TPSA) is 45.3 Å². The van der Waals surface area contributed by atoms with Crippen molar-refractivity contribution in [3.63, 3.8) is 0 Å². The first-order valence-electron chi connectivity index (χ1n) is 12.0. The Morgan fingerprint density at radius 3 is 2.18 bits per heavy atom. The van der Waals surface area contributed by atoms with Gasteiger partial charge in [-0.05, 0) is 106 Å². The van der Waals surface area contributed by atoms with Crippen molar-refractivity contribution in [1.82, 2.24) is 9.80 Å². The number of nitrogens with zero attached hydrogens (tertiary/aromatic N) is 3. The summed E-state index contributed by atoms with van der Waals surface area (Å²) in [6.45, 7) is 6.90. The summed E-state index contributed by atoms with van der Waals surface area (Å²) in [5.41, 5.74) is 1.07. The van der Waals surface area contributed by atoms with E-state index in [2.05, 4.69) is 21.3 Å². The minimum atomic E-state index is 0.0853. The summed E-state index contributed by atoms with van der Waals surface area (Å²) in [5, 5.41) is 0. The highest BCUT2D eigenvalue weighted by atomic mass is 32.2. The van der Waals surface area contributed by atoms with Crippen molar-refractivity contribution < 1.29 is 14.3 Å². The van der Waals surface area contributed by atoms with Crippen LogP contribution in [0.15, 0.2) is 53.4 Å². The predicted molar refractivity (Wildman–Crippen MR) is 134 cm³/mol. The summed E-state index contributed by atoms with van der Waals surface area (Å²) in [6.07, 6.45) is 4.81. The largest absolute Gasteiger partial charge is 0.494 e. The van der Waals surface area contributed by atoms with Crippen molar-refractivity contribution in [3.05, 3.63) is 48.5 Å². The summed E-state index contributed by atoms with van der Waals surface area (Å²) < 4.78 is 13.4. The van der Waals surface area contributed by atoms with Crippen LogP contribution in [-0.2, 0) is 4.79 Å². The van der Waals surface area contributed by atoms with Gasteiger partial charge in [-0.1, -0.05) is 0 Å². The zero-order chi connectivity index (χ0) is 23.0. The molecule has 2 aliphatic heterocycles. The maximum absolute atomic E-state index is 12.6. The van der Waals surface area contributed by atoms with Crippen LogP contribution in [0.4, 0.5) is 5.69 Å². The highest BCUT2D eigenvalue weighted by Crippen LogP contribution is 2.30. The van der Waals surface area contributed by atoms with Crippen LogP contribution in [0.25, 0.3) is 0 Å². The second-order valence-corrected chi connectivity index (χ2v) is 9.83. The molecule has 0 radical (unpaired) electrons. The molecule has 0 aromatic heterocycles. The van der Waals surface area contributed by atoms with Gasteiger partial charge in [-0.2, -0.15) is 0 Å². The summed E-state index contributed by atoms with van der Waals surface area (Å²) >= 11 is 1.65. The molecule has 6 nitrogen and oxygen atoms in total. The summed E-state index contributed by atoms with van der Waals surface area (Å²) in [4.78, 5) is 18.3.